The molecule has 3 rings (SSSR count). The van der Waals surface area contributed by atoms with Gasteiger partial charge in [-0.15, -0.1) is 0 Å². The molecule has 1 aliphatic heterocycles. The molecule has 0 bridgehead atoms. The van der Waals surface area contributed by atoms with E-state index in [0.717, 1.165) is 38.2 Å². The van der Waals surface area contributed by atoms with E-state index in [9.17, 15) is 4.79 Å². The van der Waals surface area contributed by atoms with Crippen LogP contribution in [0.25, 0.3) is 11.0 Å². The molecule has 106 valence electrons. The van der Waals surface area contributed by atoms with Crippen LogP contribution in [0.4, 0.5) is 0 Å². The Morgan fingerprint density at radius 2 is 2.00 bits per heavy atom. The first-order chi connectivity index (χ1) is 9.83. The molecule has 5 heteroatoms. The molecule has 1 fully saturated rings. The van der Waals surface area contributed by atoms with E-state index in [4.69, 9.17) is 13.9 Å². The van der Waals surface area contributed by atoms with E-state index in [1.165, 1.54) is 6.07 Å². The molecule has 0 unspecified atom stereocenters. The normalized spacial score (nSPS) is 16.4. The zero-order valence-electron chi connectivity index (χ0n) is 11.2. The van der Waals surface area contributed by atoms with Gasteiger partial charge in [0.2, 0.25) is 0 Å². The monoisotopic (exact) mass is 275 g/mol. The summed E-state index contributed by atoms with van der Waals surface area (Å²) in [5, 5.41) is 0.828. The highest BCUT2D eigenvalue weighted by atomic mass is 16.5. The van der Waals surface area contributed by atoms with Gasteiger partial charge in [-0.3, -0.25) is 4.90 Å². The standard InChI is InChI=1S/C15H17NO4/c17-15-11-14(12-3-1-2-4-13(12)20-15)19-10-7-16-5-8-18-9-6-16/h1-4,11H,5-10H2. The molecule has 20 heavy (non-hydrogen) atoms. The van der Waals surface area contributed by atoms with Gasteiger partial charge >= 0.3 is 5.63 Å². The highest BCUT2D eigenvalue weighted by molar-refractivity contribution is 5.82. The van der Waals surface area contributed by atoms with Gasteiger partial charge in [0.15, 0.2) is 0 Å². The predicted octanol–water partition coefficient (Wildman–Crippen LogP) is 1.50. The SMILES string of the molecule is O=c1cc(OCCN2CCOCC2)c2ccccc2o1. The Balaban J connectivity index is 1.69. The highest BCUT2D eigenvalue weighted by Gasteiger charge is 2.11. The number of ether oxygens (including phenoxy) is 2. The minimum atomic E-state index is -0.384. The van der Waals surface area contributed by atoms with Gasteiger partial charge in [-0.1, -0.05) is 12.1 Å². The summed E-state index contributed by atoms with van der Waals surface area (Å²) < 4.78 is 16.2. The topological polar surface area (TPSA) is 51.9 Å². The number of rotatable bonds is 4. The van der Waals surface area contributed by atoms with Crippen molar-refractivity contribution in [3.05, 3.63) is 40.8 Å². The fourth-order valence-corrected chi connectivity index (χ4v) is 2.31. The predicted molar refractivity (Wildman–Crippen MR) is 75.2 cm³/mol. The van der Waals surface area contributed by atoms with Crippen molar-refractivity contribution in [1.82, 2.24) is 4.90 Å². The van der Waals surface area contributed by atoms with Crippen LogP contribution in [0, 0.1) is 0 Å². The second kappa shape index (κ2) is 6.07. The second-order valence-corrected chi connectivity index (χ2v) is 4.73. The Bertz CT molecular complexity index is 631. The lowest BCUT2D eigenvalue weighted by Crippen LogP contribution is -2.38. The Morgan fingerprint density at radius 1 is 1.20 bits per heavy atom. The van der Waals surface area contributed by atoms with E-state index in [1.54, 1.807) is 6.07 Å². The molecule has 2 heterocycles. The summed E-state index contributed by atoms with van der Waals surface area (Å²) in [4.78, 5) is 13.8. The second-order valence-electron chi connectivity index (χ2n) is 4.73. The largest absolute Gasteiger partial charge is 0.491 e. The zero-order valence-corrected chi connectivity index (χ0v) is 11.2. The first-order valence-corrected chi connectivity index (χ1v) is 6.79. The maximum atomic E-state index is 11.5. The average Bonchev–Trinajstić information content (AvgIpc) is 2.48. The Morgan fingerprint density at radius 3 is 2.85 bits per heavy atom. The van der Waals surface area contributed by atoms with Gasteiger partial charge < -0.3 is 13.9 Å². The number of benzene rings is 1. The van der Waals surface area contributed by atoms with Crippen molar-refractivity contribution in [3.8, 4) is 5.75 Å². The van der Waals surface area contributed by atoms with Gasteiger partial charge in [-0.2, -0.15) is 0 Å². The van der Waals surface area contributed by atoms with E-state index < -0.39 is 0 Å². The summed E-state index contributed by atoms with van der Waals surface area (Å²) in [7, 11) is 0. The van der Waals surface area contributed by atoms with Crippen LogP contribution >= 0.6 is 0 Å². The van der Waals surface area contributed by atoms with Crippen LogP contribution in [0.5, 0.6) is 5.75 Å². The fourth-order valence-electron chi connectivity index (χ4n) is 2.31. The first-order valence-electron chi connectivity index (χ1n) is 6.79. The molecule has 0 N–H and O–H groups in total. The molecule has 5 nitrogen and oxygen atoms in total. The molecule has 1 aliphatic rings. The number of fused-ring (bicyclic) bond motifs is 1. The van der Waals surface area contributed by atoms with E-state index >= 15 is 0 Å². The molecule has 0 saturated carbocycles. The van der Waals surface area contributed by atoms with Crippen molar-refractivity contribution in [3.63, 3.8) is 0 Å². The number of para-hydroxylation sites is 1. The van der Waals surface area contributed by atoms with Crippen LogP contribution in [0.15, 0.2) is 39.5 Å². The lowest BCUT2D eigenvalue weighted by molar-refractivity contribution is 0.0323. The van der Waals surface area contributed by atoms with Crippen LogP contribution in [-0.4, -0.2) is 44.4 Å². The highest BCUT2D eigenvalue weighted by Crippen LogP contribution is 2.23. The molecular weight excluding hydrogens is 258 g/mol. The quantitative estimate of drug-likeness (QED) is 0.792. The van der Waals surface area contributed by atoms with Gasteiger partial charge in [-0.25, -0.2) is 4.79 Å². The summed E-state index contributed by atoms with van der Waals surface area (Å²) >= 11 is 0. The molecule has 0 aliphatic carbocycles. The van der Waals surface area contributed by atoms with Crippen molar-refractivity contribution in [2.75, 3.05) is 39.5 Å². The van der Waals surface area contributed by atoms with E-state index in [-0.39, 0.29) is 5.63 Å². The third-order valence-corrected chi connectivity index (χ3v) is 3.38. The number of hydrogen-bond donors (Lipinski definition) is 0. The van der Waals surface area contributed by atoms with Gasteiger partial charge in [0, 0.05) is 19.6 Å². The van der Waals surface area contributed by atoms with E-state index in [0.29, 0.717) is 17.9 Å². The molecule has 0 spiro atoms. The van der Waals surface area contributed by atoms with Crippen molar-refractivity contribution >= 4 is 11.0 Å². The van der Waals surface area contributed by atoms with Crippen molar-refractivity contribution < 1.29 is 13.9 Å². The van der Waals surface area contributed by atoms with Crippen LogP contribution in [0.2, 0.25) is 0 Å². The summed E-state index contributed by atoms with van der Waals surface area (Å²) in [5.41, 5.74) is 0.173. The average molecular weight is 275 g/mol. The molecule has 1 aromatic heterocycles. The van der Waals surface area contributed by atoms with Crippen molar-refractivity contribution in [2.45, 2.75) is 0 Å². The Kier molecular flexibility index (Phi) is 3.99. The minimum Gasteiger partial charge on any atom is -0.491 e. The van der Waals surface area contributed by atoms with E-state index in [2.05, 4.69) is 4.90 Å². The Hall–Kier alpha value is -1.85. The molecule has 0 atom stereocenters. The first kappa shape index (κ1) is 13.1. The van der Waals surface area contributed by atoms with Gasteiger partial charge in [0.25, 0.3) is 0 Å². The maximum absolute atomic E-state index is 11.5. The smallest absolute Gasteiger partial charge is 0.339 e. The summed E-state index contributed by atoms with van der Waals surface area (Å²) in [6.45, 7) is 4.79. The molecule has 0 amide bonds. The van der Waals surface area contributed by atoms with Crippen LogP contribution in [-0.2, 0) is 4.74 Å². The molecule has 1 aromatic carbocycles. The lowest BCUT2D eigenvalue weighted by atomic mass is 10.2. The third-order valence-electron chi connectivity index (χ3n) is 3.38. The Labute approximate surface area is 116 Å². The van der Waals surface area contributed by atoms with Crippen LogP contribution < -0.4 is 10.4 Å². The van der Waals surface area contributed by atoms with E-state index in [1.807, 2.05) is 18.2 Å². The lowest BCUT2D eigenvalue weighted by Gasteiger charge is -2.26. The van der Waals surface area contributed by atoms with Crippen LogP contribution in [0.3, 0.4) is 0 Å². The summed E-state index contributed by atoms with van der Waals surface area (Å²) in [5.74, 6) is 0.588. The van der Waals surface area contributed by atoms with Gasteiger partial charge in [0.1, 0.15) is 17.9 Å². The third kappa shape index (κ3) is 3.00. The molecular formula is C15H17NO4. The zero-order chi connectivity index (χ0) is 13.8. The van der Waals surface area contributed by atoms with Crippen molar-refractivity contribution in [1.29, 1.82) is 0 Å². The summed E-state index contributed by atoms with van der Waals surface area (Å²) in [6, 6.07) is 8.80. The molecule has 0 radical (unpaired) electrons. The minimum absolute atomic E-state index is 0.384. The molecule has 1 saturated heterocycles. The fraction of sp³-hybridized carbons (Fsp3) is 0.400. The molecule has 2 aromatic rings. The van der Waals surface area contributed by atoms with Crippen LogP contribution in [0.1, 0.15) is 0 Å². The van der Waals surface area contributed by atoms with Crippen molar-refractivity contribution in [2.24, 2.45) is 0 Å². The van der Waals surface area contributed by atoms with Gasteiger partial charge in [0.05, 0.1) is 24.7 Å². The summed E-state index contributed by atoms with van der Waals surface area (Å²) in [6.07, 6.45) is 0. The van der Waals surface area contributed by atoms with Gasteiger partial charge in [-0.05, 0) is 12.1 Å². The number of morpholine rings is 1. The maximum Gasteiger partial charge on any atom is 0.339 e. The number of nitrogens with zero attached hydrogens (tertiary/aromatic N) is 1. The number of hydrogen-bond acceptors (Lipinski definition) is 5.